The molecule has 2 bridgehead atoms. The molecular formula is C15H21ClO2S. The van der Waals surface area contributed by atoms with E-state index in [1.165, 1.54) is 6.42 Å². The maximum Gasteiger partial charge on any atom is 0.0925 e. The molecule has 0 aromatic carbocycles. The molecule has 0 N–H and O–H groups in total. The maximum absolute atomic E-state index is 6.37. The van der Waals surface area contributed by atoms with Crippen LogP contribution in [0.15, 0.2) is 11.4 Å². The van der Waals surface area contributed by atoms with Crippen molar-refractivity contribution in [1.29, 1.82) is 0 Å². The number of hydrogen-bond donors (Lipinski definition) is 0. The third-order valence-electron chi connectivity index (χ3n) is 4.85. The minimum atomic E-state index is -0.103. The smallest absolute Gasteiger partial charge is 0.0925 e. The Bertz CT molecular complexity index is 472. The molecule has 3 rings (SSSR count). The van der Waals surface area contributed by atoms with Gasteiger partial charge in [-0.25, -0.2) is 0 Å². The third-order valence-corrected chi connectivity index (χ3v) is 6.21. The van der Waals surface area contributed by atoms with Crippen molar-refractivity contribution >= 4 is 22.9 Å². The van der Waals surface area contributed by atoms with E-state index in [1.807, 2.05) is 11.4 Å². The number of fused-ring (bicyclic) bond motifs is 2. The molecule has 106 valence electrons. The number of thiophene rings is 1. The molecule has 3 atom stereocenters. The largest absolute Gasteiger partial charge is 0.370 e. The minimum absolute atomic E-state index is 0.0403. The summed E-state index contributed by atoms with van der Waals surface area (Å²) in [7, 11) is 0. The van der Waals surface area contributed by atoms with E-state index in [2.05, 4.69) is 20.8 Å². The van der Waals surface area contributed by atoms with E-state index in [4.69, 9.17) is 21.1 Å². The van der Waals surface area contributed by atoms with Crippen molar-refractivity contribution in [1.82, 2.24) is 0 Å². The van der Waals surface area contributed by atoms with Gasteiger partial charge in [0.25, 0.3) is 0 Å². The van der Waals surface area contributed by atoms with Crippen molar-refractivity contribution in [2.75, 3.05) is 0 Å². The van der Waals surface area contributed by atoms with Crippen LogP contribution in [0.2, 0.25) is 5.02 Å². The summed E-state index contributed by atoms with van der Waals surface area (Å²) in [6.07, 6.45) is 3.49. The summed E-state index contributed by atoms with van der Waals surface area (Å²) in [5, 5.41) is 2.83. The predicted molar refractivity (Wildman–Crippen MR) is 78.8 cm³/mol. The van der Waals surface area contributed by atoms with Crippen LogP contribution in [-0.4, -0.2) is 17.3 Å². The van der Waals surface area contributed by atoms with E-state index < -0.39 is 0 Å². The fourth-order valence-corrected chi connectivity index (χ4v) is 4.42. The van der Waals surface area contributed by atoms with Gasteiger partial charge in [0.05, 0.1) is 28.9 Å². The molecule has 0 spiro atoms. The summed E-state index contributed by atoms with van der Waals surface area (Å²) in [4.78, 5) is 1.12. The second-order valence-corrected chi connectivity index (χ2v) is 7.74. The molecule has 3 heterocycles. The summed E-state index contributed by atoms with van der Waals surface area (Å²) < 4.78 is 12.5. The molecule has 0 saturated carbocycles. The Morgan fingerprint density at radius 2 is 2.32 bits per heavy atom. The fraction of sp³-hybridized carbons (Fsp3) is 0.733. The van der Waals surface area contributed by atoms with Gasteiger partial charge in [0.15, 0.2) is 0 Å². The van der Waals surface area contributed by atoms with Gasteiger partial charge in [0.1, 0.15) is 0 Å². The Hall–Kier alpha value is -0.0900. The molecule has 1 aromatic heterocycles. The van der Waals surface area contributed by atoms with Gasteiger partial charge < -0.3 is 9.47 Å². The summed E-state index contributed by atoms with van der Waals surface area (Å²) >= 11 is 7.78. The average molecular weight is 301 g/mol. The molecule has 3 unspecified atom stereocenters. The molecule has 0 amide bonds. The lowest BCUT2D eigenvalue weighted by atomic mass is 9.75. The Labute approximate surface area is 124 Å². The van der Waals surface area contributed by atoms with Crippen molar-refractivity contribution < 1.29 is 9.47 Å². The normalized spacial score (nSPS) is 37.4. The molecule has 2 aliphatic rings. The molecule has 19 heavy (non-hydrogen) atoms. The van der Waals surface area contributed by atoms with Crippen molar-refractivity contribution in [3.05, 3.63) is 21.3 Å². The highest BCUT2D eigenvalue weighted by Gasteiger charge is 2.60. The zero-order chi connectivity index (χ0) is 13.7. The molecule has 4 heteroatoms. The second-order valence-electron chi connectivity index (χ2n) is 6.33. The van der Waals surface area contributed by atoms with Crippen LogP contribution in [-0.2, 0) is 16.1 Å². The average Bonchev–Trinajstić information content (AvgIpc) is 2.98. The van der Waals surface area contributed by atoms with Crippen LogP contribution in [0.5, 0.6) is 0 Å². The first-order valence-electron chi connectivity index (χ1n) is 6.99. The Kier molecular flexibility index (Phi) is 3.45. The lowest BCUT2D eigenvalue weighted by Gasteiger charge is -2.31. The van der Waals surface area contributed by atoms with Gasteiger partial charge in [-0.05, 0) is 37.1 Å². The van der Waals surface area contributed by atoms with Crippen molar-refractivity contribution in [2.24, 2.45) is 5.92 Å². The predicted octanol–water partition coefficient (Wildman–Crippen LogP) is 4.65. The molecule has 0 radical (unpaired) electrons. The minimum Gasteiger partial charge on any atom is -0.370 e. The Morgan fingerprint density at radius 3 is 2.89 bits per heavy atom. The van der Waals surface area contributed by atoms with Crippen molar-refractivity contribution in [3.8, 4) is 0 Å². The first kappa shape index (κ1) is 13.9. The monoisotopic (exact) mass is 300 g/mol. The van der Waals surface area contributed by atoms with Crippen LogP contribution in [0.25, 0.3) is 0 Å². The summed E-state index contributed by atoms with van der Waals surface area (Å²) in [6, 6.07) is 1.93. The van der Waals surface area contributed by atoms with E-state index in [1.54, 1.807) is 11.3 Å². The first-order chi connectivity index (χ1) is 8.95. The van der Waals surface area contributed by atoms with Crippen LogP contribution in [0.1, 0.15) is 44.9 Å². The van der Waals surface area contributed by atoms with Gasteiger partial charge in [-0.15, -0.1) is 11.3 Å². The molecule has 2 aliphatic heterocycles. The molecule has 0 aliphatic carbocycles. The van der Waals surface area contributed by atoms with Gasteiger partial charge in [-0.1, -0.05) is 25.4 Å². The van der Waals surface area contributed by atoms with Gasteiger partial charge in [0.2, 0.25) is 0 Å². The number of ether oxygens (including phenoxy) is 2. The molecule has 2 saturated heterocycles. The zero-order valence-electron chi connectivity index (χ0n) is 11.7. The van der Waals surface area contributed by atoms with Gasteiger partial charge in [-0.3, -0.25) is 0 Å². The summed E-state index contributed by atoms with van der Waals surface area (Å²) in [5.41, 5.74) is -0.0628. The van der Waals surface area contributed by atoms with E-state index in [0.29, 0.717) is 12.5 Å². The van der Waals surface area contributed by atoms with E-state index in [9.17, 15) is 0 Å². The number of hydrogen-bond acceptors (Lipinski definition) is 3. The highest BCUT2D eigenvalue weighted by Crippen LogP contribution is 2.55. The molecule has 2 nitrogen and oxygen atoms in total. The van der Waals surface area contributed by atoms with Gasteiger partial charge in [0, 0.05) is 11.3 Å². The van der Waals surface area contributed by atoms with Crippen molar-refractivity contribution in [2.45, 2.75) is 63.9 Å². The maximum atomic E-state index is 6.37. The summed E-state index contributed by atoms with van der Waals surface area (Å²) in [5.74, 6) is 0.549. The molecular weight excluding hydrogens is 280 g/mol. The van der Waals surface area contributed by atoms with E-state index in [-0.39, 0.29) is 17.3 Å². The van der Waals surface area contributed by atoms with Crippen LogP contribution in [0.3, 0.4) is 0 Å². The quantitative estimate of drug-likeness (QED) is 0.805. The number of rotatable bonds is 4. The molecule has 1 aromatic rings. The first-order valence-corrected chi connectivity index (χ1v) is 8.25. The standard InChI is InChI=1S/C15H21ClO2S/c1-10(2)15-6-5-14(3,18-15)13(8-15)17-9-12-11(16)4-7-19-12/h4,7,10,13H,5-6,8-9H2,1-3H3. The fourth-order valence-electron chi connectivity index (χ4n) is 3.41. The summed E-state index contributed by atoms with van der Waals surface area (Å²) in [6.45, 7) is 7.31. The van der Waals surface area contributed by atoms with Gasteiger partial charge >= 0.3 is 0 Å². The highest BCUT2D eigenvalue weighted by atomic mass is 35.5. The van der Waals surface area contributed by atoms with Crippen LogP contribution >= 0.6 is 22.9 Å². The van der Waals surface area contributed by atoms with Crippen LogP contribution < -0.4 is 0 Å². The lowest BCUT2D eigenvalue weighted by molar-refractivity contribution is -0.0957. The Balaban J connectivity index is 1.69. The van der Waals surface area contributed by atoms with Gasteiger partial charge in [-0.2, -0.15) is 0 Å². The van der Waals surface area contributed by atoms with E-state index >= 15 is 0 Å². The second kappa shape index (κ2) is 4.73. The van der Waals surface area contributed by atoms with Crippen molar-refractivity contribution in [3.63, 3.8) is 0 Å². The SMILES string of the molecule is CC(C)C12CCC(C)(O1)C(OCc1sccc1Cl)C2. The van der Waals surface area contributed by atoms with E-state index in [0.717, 1.165) is 22.7 Å². The highest BCUT2D eigenvalue weighted by molar-refractivity contribution is 7.10. The third kappa shape index (κ3) is 2.25. The topological polar surface area (TPSA) is 18.5 Å². The lowest BCUT2D eigenvalue weighted by Crippen LogP contribution is -2.38. The Morgan fingerprint density at radius 1 is 1.53 bits per heavy atom. The molecule has 2 fully saturated rings. The zero-order valence-corrected chi connectivity index (χ0v) is 13.3. The van der Waals surface area contributed by atoms with Crippen LogP contribution in [0.4, 0.5) is 0 Å². The van der Waals surface area contributed by atoms with Crippen LogP contribution in [0, 0.1) is 5.92 Å². The number of halogens is 1.